The molecule has 0 saturated heterocycles. The quantitative estimate of drug-likeness (QED) is 0.406. The molecule has 2 aromatic heterocycles. The topological polar surface area (TPSA) is 133 Å². The smallest absolute Gasteiger partial charge is 0.405 e. The van der Waals surface area contributed by atoms with Crippen molar-refractivity contribution in [2.45, 2.75) is 57.7 Å². The number of carboxylic acid groups (broad SMARTS) is 1. The Balaban J connectivity index is 1.68. The molecule has 2 amide bonds. The highest BCUT2D eigenvalue weighted by atomic mass is 35.5. The van der Waals surface area contributed by atoms with Gasteiger partial charge in [-0.25, -0.2) is 9.78 Å². The molecule has 0 aliphatic heterocycles. The fraction of sp³-hybridized carbons (Fsp3) is 0.450. The van der Waals surface area contributed by atoms with Crippen LogP contribution in [-0.2, 0) is 4.79 Å². The number of pyridine rings is 2. The first-order chi connectivity index (χ1) is 14.2. The largest absolute Gasteiger partial charge is 0.465 e. The maximum atomic E-state index is 12.1. The number of anilines is 1. The molecular weight excluding hydrogens is 410 g/mol. The minimum absolute atomic E-state index is 0.0253. The summed E-state index contributed by atoms with van der Waals surface area (Å²) in [7, 11) is 0. The summed E-state index contributed by atoms with van der Waals surface area (Å²) in [4.78, 5) is 43.5. The van der Waals surface area contributed by atoms with Crippen molar-refractivity contribution in [2.75, 3.05) is 5.32 Å². The molecule has 0 aromatic carbocycles. The van der Waals surface area contributed by atoms with Crippen molar-refractivity contribution in [3.63, 3.8) is 0 Å². The van der Waals surface area contributed by atoms with Crippen LogP contribution in [0.1, 0.15) is 49.9 Å². The lowest BCUT2D eigenvalue weighted by Gasteiger charge is -2.31. The van der Waals surface area contributed by atoms with Gasteiger partial charge in [0, 0.05) is 18.3 Å². The molecule has 1 aliphatic carbocycles. The van der Waals surface area contributed by atoms with Crippen molar-refractivity contribution in [3.8, 4) is 0 Å². The van der Waals surface area contributed by atoms with Gasteiger partial charge in [-0.15, -0.1) is 0 Å². The van der Waals surface area contributed by atoms with Crippen LogP contribution in [-0.4, -0.2) is 51.0 Å². The Hall–Kier alpha value is -2.94. The Morgan fingerprint density at radius 1 is 1.17 bits per heavy atom. The Labute approximate surface area is 178 Å². The van der Waals surface area contributed by atoms with Crippen LogP contribution in [0, 0.1) is 0 Å². The predicted molar refractivity (Wildman–Crippen MR) is 113 cm³/mol. The summed E-state index contributed by atoms with van der Waals surface area (Å²) in [6.07, 6.45) is 3.32. The molecule has 30 heavy (non-hydrogen) atoms. The number of hydrogen-bond donors (Lipinski definition) is 4. The van der Waals surface area contributed by atoms with Crippen molar-refractivity contribution in [2.24, 2.45) is 0 Å². The number of hydrogen-bond acceptors (Lipinski definition) is 6. The van der Waals surface area contributed by atoms with E-state index in [0.717, 1.165) is 25.7 Å². The molecular formula is C20H24ClN5O4. The first kappa shape index (κ1) is 21.8. The number of amides is 2. The van der Waals surface area contributed by atoms with Gasteiger partial charge in [0.25, 0.3) is 0 Å². The molecule has 1 aliphatic rings. The van der Waals surface area contributed by atoms with E-state index in [9.17, 15) is 14.4 Å². The minimum atomic E-state index is -1.23. The van der Waals surface area contributed by atoms with Gasteiger partial charge >= 0.3 is 6.09 Å². The van der Waals surface area contributed by atoms with Gasteiger partial charge in [-0.3, -0.25) is 14.6 Å². The Morgan fingerprint density at radius 2 is 1.83 bits per heavy atom. The normalized spacial score (nSPS) is 19.7. The monoisotopic (exact) mass is 433 g/mol. The van der Waals surface area contributed by atoms with E-state index < -0.39 is 12.1 Å². The van der Waals surface area contributed by atoms with Crippen LogP contribution in [0.5, 0.6) is 0 Å². The molecule has 9 nitrogen and oxygen atoms in total. The number of rotatable bonds is 6. The third-order valence-corrected chi connectivity index (χ3v) is 5.42. The van der Waals surface area contributed by atoms with Gasteiger partial charge in [-0.2, -0.15) is 0 Å². The van der Waals surface area contributed by atoms with Crippen molar-refractivity contribution in [1.29, 1.82) is 0 Å². The summed E-state index contributed by atoms with van der Waals surface area (Å²) in [5.74, 6) is -0.457. The van der Waals surface area contributed by atoms with E-state index in [2.05, 4.69) is 25.9 Å². The number of nitrogens with zero attached hydrogens (tertiary/aromatic N) is 2. The van der Waals surface area contributed by atoms with Crippen molar-refractivity contribution in [3.05, 3.63) is 29.0 Å². The number of halogens is 1. The highest BCUT2D eigenvalue weighted by molar-refractivity contribution is 6.30. The zero-order valence-corrected chi connectivity index (χ0v) is 17.5. The van der Waals surface area contributed by atoms with E-state index in [-0.39, 0.29) is 23.8 Å². The van der Waals surface area contributed by atoms with Gasteiger partial charge in [-0.05, 0) is 51.7 Å². The van der Waals surface area contributed by atoms with E-state index >= 15 is 0 Å². The zero-order chi connectivity index (χ0) is 21.8. The van der Waals surface area contributed by atoms with E-state index in [0.29, 0.717) is 27.4 Å². The summed E-state index contributed by atoms with van der Waals surface area (Å²) in [6.45, 7) is 2.99. The summed E-state index contributed by atoms with van der Waals surface area (Å²) in [6, 6.07) is 2.68. The number of aromatic nitrogens is 2. The van der Waals surface area contributed by atoms with Gasteiger partial charge in [0.15, 0.2) is 5.78 Å². The lowest BCUT2D eigenvalue weighted by Crippen LogP contribution is -2.49. The highest BCUT2D eigenvalue weighted by Crippen LogP contribution is 2.30. The number of fused-ring (bicyclic) bond motifs is 1. The van der Waals surface area contributed by atoms with E-state index in [4.69, 9.17) is 16.7 Å². The number of carbonyl (C=O) groups excluding carboxylic acids is 2. The predicted octanol–water partition coefficient (Wildman–Crippen LogP) is 2.98. The SMILES string of the molecule is CC(=O)c1cnc2ccc(Cl)nc2c1NC1CCC(NC(=O)C(C)NC(=O)O)CC1. The molecule has 4 N–H and O–H groups in total. The van der Waals surface area contributed by atoms with Gasteiger partial charge in [0.1, 0.15) is 16.7 Å². The molecule has 0 bridgehead atoms. The summed E-state index contributed by atoms with van der Waals surface area (Å²) >= 11 is 6.06. The van der Waals surface area contributed by atoms with Crippen molar-refractivity contribution >= 4 is 46.1 Å². The van der Waals surface area contributed by atoms with Gasteiger partial charge < -0.3 is 21.1 Å². The van der Waals surface area contributed by atoms with Crippen LogP contribution < -0.4 is 16.0 Å². The summed E-state index contributed by atoms with van der Waals surface area (Å²) < 4.78 is 0. The molecule has 3 rings (SSSR count). The lowest BCUT2D eigenvalue weighted by molar-refractivity contribution is -0.123. The van der Waals surface area contributed by atoms with E-state index in [1.807, 2.05) is 0 Å². The van der Waals surface area contributed by atoms with Gasteiger partial charge in [0.05, 0.1) is 16.8 Å². The molecule has 2 aromatic rings. The van der Waals surface area contributed by atoms with Gasteiger partial charge in [-0.1, -0.05) is 11.6 Å². The van der Waals surface area contributed by atoms with Crippen LogP contribution in [0.2, 0.25) is 5.15 Å². The second kappa shape index (κ2) is 9.25. The Kier molecular flexibility index (Phi) is 6.71. The van der Waals surface area contributed by atoms with Crippen LogP contribution in [0.3, 0.4) is 0 Å². The standard InChI is InChI=1S/C20H24ClN5O4/c1-10(23-20(29)30)19(28)25-13-5-3-12(4-6-13)24-17-14(11(2)27)9-22-15-7-8-16(21)26-18(15)17/h7-10,12-13,23H,3-6H2,1-2H3,(H,22,24)(H,25,28)(H,29,30). The average Bonchev–Trinajstić information content (AvgIpc) is 2.69. The Bertz CT molecular complexity index is 975. The maximum absolute atomic E-state index is 12.1. The first-order valence-electron chi connectivity index (χ1n) is 9.77. The van der Waals surface area contributed by atoms with Crippen LogP contribution in [0.15, 0.2) is 18.3 Å². The van der Waals surface area contributed by atoms with Crippen LogP contribution in [0.25, 0.3) is 11.0 Å². The number of ketones is 1. The second-order valence-corrected chi connectivity index (χ2v) is 7.86. The molecule has 160 valence electrons. The average molecular weight is 434 g/mol. The van der Waals surface area contributed by atoms with Gasteiger partial charge in [0.2, 0.25) is 5.91 Å². The molecule has 1 atom stereocenters. The molecule has 1 saturated carbocycles. The second-order valence-electron chi connectivity index (χ2n) is 7.48. The molecule has 2 heterocycles. The summed E-state index contributed by atoms with van der Waals surface area (Å²) in [5.41, 5.74) is 2.29. The molecule has 10 heteroatoms. The van der Waals surface area contributed by atoms with Crippen LogP contribution in [0.4, 0.5) is 10.5 Å². The molecule has 0 radical (unpaired) electrons. The highest BCUT2D eigenvalue weighted by Gasteiger charge is 2.26. The Morgan fingerprint density at radius 3 is 2.47 bits per heavy atom. The minimum Gasteiger partial charge on any atom is -0.465 e. The molecule has 0 spiro atoms. The fourth-order valence-electron chi connectivity index (χ4n) is 3.62. The third-order valence-electron chi connectivity index (χ3n) is 5.21. The fourth-order valence-corrected chi connectivity index (χ4v) is 3.77. The van der Waals surface area contributed by atoms with Crippen molar-refractivity contribution < 1.29 is 19.5 Å². The van der Waals surface area contributed by atoms with Crippen molar-refractivity contribution in [1.82, 2.24) is 20.6 Å². The lowest BCUT2D eigenvalue weighted by atomic mass is 9.90. The molecule has 1 fully saturated rings. The summed E-state index contributed by atoms with van der Waals surface area (Å²) in [5, 5.41) is 17.5. The number of carbonyl (C=O) groups is 3. The third kappa shape index (κ3) is 5.15. The van der Waals surface area contributed by atoms with E-state index in [1.54, 1.807) is 18.3 Å². The molecule has 1 unspecified atom stereocenters. The van der Waals surface area contributed by atoms with Crippen LogP contribution >= 0.6 is 11.6 Å². The van der Waals surface area contributed by atoms with E-state index in [1.165, 1.54) is 13.8 Å². The number of nitrogens with one attached hydrogen (secondary N) is 3. The number of Topliss-reactive ketones (excluding diaryl/α,β-unsaturated/α-hetero) is 1. The first-order valence-corrected chi connectivity index (χ1v) is 10.1. The maximum Gasteiger partial charge on any atom is 0.405 e. The zero-order valence-electron chi connectivity index (χ0n) is 16.7.